The Morgan fingerprint density at radius 1 is 1.36 bits per heavy atom. The lowest BCUT2D eigenvalue weighted by molar-refractivity contribution is -0.131. The Bertz CT molecular complexity index is 577. The Kier molecular flexibility index (Phi) is 5.66. The fraction of sp³-hybridized carbons (Fsp3) is 0.412. The lowest BCUT2D eigenvalue weighted by Crippen LogP contribution is -2.42. The highest BCUT2D eigenvalue weighted by Gasteiger charge is 2.29. The third kappa shape index (κ3) is 3.91. The number of thiol groups is 1. The van der Waals surface area contributed by atoms with Gasteiger partial charge in [0.05, 0.1) is 0 Å². The van der Waals surface area contributed by atoms with Crippen molar-refractivity contribution in [3.8, 4) is 0 Å². The van der Waals surface area contributed by atoms with Crippen LogP contribution in [0.15, 0.2) is 29.8 Å². The second-order valence-corrected chi connectivity index (χ2v) is 6.21. The summed E-state index contributed by atoms with van der Waals surface area (Å²) in [7, 11) is 0. The maximum absolute atomic E-state index is 12.1. The van der Waals surface area contributed by atoms with E-state index in [2.05, 4.69) is 17.9 Å². The largest absolute Gasteiger partial charge is 0.350 e. The monoisotopic (exact) mass is 318 g/mol. The highest BCUT2D eigenvalue weighted by molar-refractivity contribution is 7.90. The number of carbonyl (C=O) groups excluding carboxylic acids is 2. The number of amides is 2. The van der Waals surface area contributed by atoms with Crippen molar-refractivity contribution in [3.05, 3.63) is 41.0 Å². The van der Waals surface area contributed by atoms with E-state index in [1.165, 1.54) is 5.57 Å². The smallest absolute Gasteiger partial charge is 0.243 e. The van der Waals surface area contributed by atoms with Gasteiger partial charge in [-0.3, -0.25) is 9.59 Å². The van der Waals surface area contributed by atoms with Crippen molar-refractivity contribution in [2.24, 2.45) is 0 Å². The Labute approximate surface area is 137 Å². The number of hydrogen-bond donors (Lipinski definition) is 2. The number of nitrogens with one attached hydrogen (secondary N) is 1. The molecule has 1 aromatic carbocycles. The average Bonchev–Trinajstić information content (AvgIpc) is 3.01. The number of carbonyl (C=O) groups is 2. The summed E-state index contributed by atoms with van der Waals surface area (Å²) in [6.45, 7) is 5.19. The standard InChI is InChI=1S/C17H22N2O2S/c1-12(2)16(22)14-7-5-13(6-8-14)10-18-17(21)15-4-3-9-19(15)11-20/h5-8,11,15,22H,3-4,9-10H2,1-2H3,(H,18,21). The molecule has 1 heterocycles. The third-order valence-corrected chi connectivity index (χ3v) is 4.61. The Morgan fingerprint density at radius 3 is 2.64 bits per heavy atom. The normalized spacial score (nSPS) is 17.2. The van der Waals surface area contributed by atoms with Gasteiger partial charge in [-0.25, -0.2) is 0 Å². The minimum Gasteiger partial charge on any atom is -0.350 e. The lowest BCUT2D eigenvalue weighted by atomic mass is 10.1. The second kappa shape index (κ2) is 7.49. The first-order valence-electron chi connectivity index (χ1n) is 7.47. The van der Waals surface area contributed by atoms with Crippen molar-refractivity contribution in [1.82, 2.24) is 10.2 Å². The zero-order valence-corrected chi connectivity index (χ0v) is 13.9. The van der Waals surface area contributed by atoms with Gasteiger partial charge >= 0.3 is 0 Å². The van der Waals surface area contributed by atoms with E-state index in [1.807, 2.05) is 38.1 Å². The van der Waals surface area contributed by atoms with Crippen LogP contribution in [0.2, 0.25) is 0 Å². The van der Waals surface area contributed by atoms with Gasteiger partial charge in [0.2, 0.25) is 12.3 Å². The summed E-state index contributed by atoms with van der Waals surface area (Å²) in [4.78, 5) is 25.6. The van der Waals surface area contributed by atoms with E-state index >= 15 is 0 Å². The molecular formula is C17H22N2O2S. The summed E-state index contributed by atoms with van der Waals surface area (Å²) in [5.41, 5.74) is 3.27. The molecule has 0 bridgehead atoms. The van der Waals surface area contributed by atoms with Gasteiger partial charge in [0.15, 0.2) is 0 Å². The highest BCUT2D eigenvalue weighted by atomic mass is 32.1. The number of benzene rings is 1. The van der Waals surface area contributed by atoms with Crippen LogP contribution >= 0.6 is 12.6 Å². The molecule has 0 radical (unpaired) electrons. The van der Waals surface area contributed by atoms with E-state index in [4.69, 9.17) is 0 Å². The van der Waals surface area contributed by atoms with Crippen LogP contribution in [0.1, 0.15) is 37.8 Å². The Morgan fingerprint density at radius 2 is 2.05 bits per heavy atom. The molecule has 1 unspecified atom stereocenters. The van der Waals surface area contributed by atoms with Gasteiger partial charge < -0.3 is 10.2 Å². The number of rotatable bonds is 5. The highest BCUT2D eigenvalue weighted by Crippen LogP contribution is 2.22. The van der Waals surface area contributed by atoms with Crippen LogP contribution in [0.3, 0.4) is 0 Å². The quantitative estimate of drug-likeness (QED) is 0.648. The molecule has 0 aromatic heterocycles. The van der Waals surface area contributed by atoms with Crippen LogP contribution in [0.5, 0.6) is 0 Å². The van der Waals surface area contributed by atoms with E-state index < -0.39 is 0 Å². The number of allylic oxidation sites excluding steroid dienone is 1. The van der Waals surface area contributed by atoms with Crippen LogP contribution in [0.25, 0.3) is 4.91 Å². The van der Waals surface area contributed by atoms with Gasteiger partial charge in [0.1, 0.15) is 6.04 Å². The van der Waals surface area contributed by atoms with Gasteiger partial charge in [-0.1, -0.05) is 29.8 Å². The minimum atomic E-state index is -0.313. The van der Waals surface area contributed by atoms with E-state index in [9.17, 15) is 9.59 Å². The predicted molar refractivity (Wildman–Crippen MR) is 91.3 cm³/mol. The molecule has 1 aromatic rings. The van der Waals surface area contributed by atoms with Crippen LogP contribution in [0.4, 0.5) is 0 Å². The van der Waals surface area contributed by atoms with Crippen molar-refractivity contribution >= 4 is 29.9 Å². The van der Waals surface area contributed by atoms with Gasteiger partial charge in [-0.15, -0.1) is 12.6 Å². The van der Waals surface area contributed by atoms with Gasteiger partial charge in [-0.05, 0) is 37.8 Å². The summed E-state index contributed by atoms with van der Waals surface area (Å²) >= 11 is 4.48. The molecule has 1 aliphatic heterocycles. The molecule has 118 valence electrons. The predicted octanol–water partition coefficient (Wildman–Crippen LogP) is 2.60. The van der Waals surface area contributed by atoms with Crippen molar-refractivity contribution in [2.75, 3.05) is 6.54 Å². The van der Waals surface area contributed by atoms with Crippen LogP contribution < -0.4 is 5.32 Å². The number of nitrogens with zero attached hydrogens (tertiary/aromatic N) is 1. The number of likely N-dealkylation sites (tertiary alicyclic amines) is 1. The van der Waals surface area contributed by atoms with Crippen molar-refractivity contribution in [3.63, 3.8) is 0 Å². The van der Waals surface area contributed by atoms with E-state index in [0.717, 1.165) is 35.3 Å². The first kappa shape index (κ1) is 16.6. The first-order chi connectivity index (χ1) is 10.5. The van der Waals surface area contributed by atoms with Crippen LogP contribution in [-0.4, -0.2) is 29.8 Å². The summed E-state index contributed by atoms with van der Waals surface area (Å²) in [6.07, 6.45) is 2.39. The lowest BCUT2D eigenvalue weighted by Gasteiger charge is -2.19. The molecule has 1 aliphatic rings. The zero-order chi connectivity index (χ0) is 16.1. The molecule has 1 N–H and O–H groups in total. The molecule has 0 spiro atoms. The summed E-state index contributed by atoms with van der Waals surface area (Å²) in [5.74, 6) is -0.0761. The molecule has 5 heteroatoms. The van der Waals surface area contributed by atoms with E-state index in [-0.39, 0.29) is 11.9 Å². The molecule has 0 aliphatic carbocycles. The molecule has 4 nitrogen and oxygen atoms in total. The second-order valence-electron chi connectivity index (χ2n) is 5.76. The zero-order valence-electron chi connectivity index (χ0n) is 13.0. The molecule has 2 amide bonds. The number of hydrogen-bond acceptors (Lipinski definition) is 3. The van der Waals surface area contributed by atoms with Crippen molar-refractivity contribution in [2.45, 2.75) is 39.3 Å². The van der Waals surface area contributed by atoms with Gasteiger partial charge in [-0.2, -0.15) is 0 Å². The molecular weight excluding hydrogens is 296 g/mol. The van der Waals surface area contributed by atoms with Gasteiger partial charge in [0.25, 0.3) is 0 Å². The fourth-order valence-electron chi connectivity index (χ4n) is 2.57. The topological polar surface area (TPSA) is 49.4 Å². The molecule has 1 saturated heterocycles. The van der Waals surface area contributed by atoms with Crippen LogP contribution in [0, 0.1) is 0 Å². The van der Waals surface area contributed by atoms with E-state index in [1.54, 1.807) is 4.90 Å². The maximum Gasteiger partial charge on any atom is 0.243 e. The maximum atomic E-state index is 12.1. The first-order valence-corrected chi connectivity index (χ1v) is 7.92. The Hall–Kier alpha value is -1.75. The molecule has 1 fully saturated rings. The molecule has 22 heavy (non-hydrogen) atoms. The van der Waals surface area contributed by atoms with Crippen molar-refractivity contribution < 1.29 is 9.59 Å². The van der Waals surface area contributed by atoms with E-state index in [0.29, 0.717) is 13.1 Å². The fourth-order valence-corrected chi connectivity index (χ4v) is 2.72. The van der Waals surface area contributed by atoms with Crippen molar-refractivity contribution in [1.29, 1.82) is 0 Å². The summed E-state index contributed by atoms with van der Waals surface area (Å²) < 4.78 is 0. The summed E-state index contributed by atoms with van der Waals surface area (Å²) in [5, 5.41) is 2.91. The average molecular weight is 318 g/mol. The SMILES string of the molecule is CC(C)=C(S)c1ccc(CNC(=O)C2CCCN2C=O)cc1. The van der Waals surface area contributed by atoms with Gasteiger partial charge in [0, 0.05) is 18.0 Å². The molecule has 0 saturated carbocycles. The van der Waals surface area contributed by atoms with Crippen LogP contribution in [-0.2, 0) is 16.1 Å². The third-order valence-electron chi connectivity index (χ3n) is 3.90. The molecule has 2 rings (SSSR count). The minimum absolute atomic E-state index is 0.0761. The Balaban J connectivity index is 1.93. The molecule has 1 atom stereocenters. The summed E-state index contributed by atoms with van der Waals surface area (Å²) in [6, 6.07) is 7.67.